The highest BCUT2D eigenvalue weighted by atomic mass is 35.5. The number of fused-ring (bicyclic) bond motifs is 1. The number of methoxy groups -OCH3 is 1. The molecule has 4 aromatic rings. The van der Waals surface area contributed by atoms with Gasteiger partial charge in [-0.05, 0) is 37.6 Å². The van der Waals surface area contributed by atoms with Crippen LogP contribution in [0.15, 0.2) is 64.4 Å². The van der Waals surface area contributed by atoms with Crippen LogP contribution in [0.3, 0.4) is 0 Å². The molecule has 0 saturated heterocycles. The van der Waals surface area contributed by atoms with Crippen LogP contribution in [0.5, 0.6) is 5.75 Å². The van der Waals surface area contributed by atoms with Crippen molar-refractivity contribution in [2.75, 3.05) is 7.11 Å². The van der Waals surface area contributed by atoms with Gasteiger partial charge in [-0.25, -0.2) is 14.3 Å². The highest BCUT2D eigenvalue weighted by Crippen LogP contribution is 2.24. The van der Waals surface area contributed by atoms with Crippen LogP contribution in [0.1, 0.15) is 25.5 Å². The summed E-state index contributed by atoms with van der Waals surface area (Å²) in [5.41, 5.74) is 1.12. The maximum Gasteiger partial charge on any atom is 0.337 e. The van der Waals surface area contributed by atoms with Crippen LogP contribution in [0.2, 0.25) is 5.02 Å². The third-order valence-corrected chi connectivity index (χ3v) is 5.36. The third kappa shape index (κ3) is 3.21. The summed E-state index contributed by atoms with van der Waals surface area (Å²) in [4.78, 5) is 31.1. The van der Waals surface area contributed by atoms with E-state index >= 15 is 0 Å². The Bertz CT molecular complexity index is 1350. The van der Waals surface area contributed by atoms with Crippen LogP contribution < -0.4 is 16.0 Å². The van der Waals surface area contributed by atoms with Crippen molar-refractivity contribution in [3.63, 3.8) is 0 Å². The second-order valence-electron chi connectivity index (χ2n) is 7.19. The number of nitrogens with zero attached hydrogens (tertiary/aromatic N) is 4. The van der Waals surface area contributed by atoms with Gasteiger partial charge in [0.05, 0.1) is 25.7 Å². The lowest BCUT2D eigenvalue weighted by Gasteiger charge is -2.16. The molecule has 2 aromatic carbocycles. The molecule has 0 saturated carbocycles. The van der Waals surface area contributed by atoms with Crippen molar-refractivity contribution in [2.45, 2.75) is 26.4 Å². The summed E-state index contributed by atoms with van der Waals surface area (Å²) in [5, 5.41) is 0.599. The van der Waals surface area contributed by atoms with Crippen LogP contribution in [0.25, 0.3) is 16.9 Å². The normalized spacial score (nSPS) is 11.4. The Kier molecular flexibility index (Phi) is 5.22. The maximum atomic E-state index is 13.3. The van der Waals surface area contributed by atoms with E-state index in [1.807, 2.05) is 30.3 Å². The Hall–Kier alpha value is -3.32. The molecule has 0 fully saturated rings. The molecule has 154 valence electrons. The minimum Gasteiger partial charge on any atom is -0.495 e. The SMILES string of the molecule is COc1ccccc1-n1c(=O)n(C(C)C)c(=O)c2c1ncn2Cc1ccccc1Cl. The molecular weight excluding hydrogens is 404 g/mol. The van der Waals surface area contributed by atoms with Crippen LogP contribution in [0, 0.1) is 0 Å². The molecule has 8 heteroatoms. The van der Waals surface area contributed by atoms with E-state index in [-0.39, 0.29) is 17.2 Å². The smallest absolute Gasteiger partial charge is 0.337 e. The zero-order valence-electron chi connectivity index (χ0n) is 16.9. The van der Waals surface area contributed by atoms with Gasteiger partial charge in [-0.2, -0.15) is 0 Å². The van der Waals surface area contributed by atoms with E-state index in [0.29, 0.717) is 28.5 Å². The van der Waals surface area contributed by atoms with Gasteiger partial charge in [0, 0.05) is 11.1 Å². The number of hydrogen-bond donors (Lipinski definition) is 0. The molecule has 0 unspecified atom stereocenters. The first-order valence-electron chi connectivity index (χ1n) is 9.53. The van der Waals surface area contributed by atoms with Gasteiger partial charge in [-0.1, -0.05) is 41.9 Å². The summed E-state index contributed by atoms with van der Waals surface area (Å²) < 4.78 is 9.84. The zero-order chi connectivity index (χ0) is 21.4. The Morgan fingerprint density at radius 3 is 2.47 bits per heavy atom. The van der Waals surface area contributed by atoms with E-state index in [1.54, 1.807) is 42.9 Å². The summed E-state index contributed by atoms with van der Waals surface area (Å²) in [7, 11) is 1.54. The van der Waals surface area contributed by atoms with Gasteiger partial charge in [0.15, 0.2) is 11.2 Å². The first kappa shape index (κ1) is 20.0. The fraction of sp³-hybridized carbons (Fsp3) is 0.227. The fourth-order valence-corrected chi connectivity index (χ4v) is 3.77. The number of imidazole rings is 1. The van der Waals surface area contributed by atoms with Crippen molar-refractivity contribution in [3.05, 3.63) is 86.3 Å². The second kappa shape index (κ2) is 7.84. The number of ether oxygens (including phenoxy) is 1. The van der Waals surface area contributed by atoms with Gasteiger partial charge in [0.1, 0.15) is 5.75 Å². The molecule has 0 aliphatic rings. The Balaban J connectivity index is 2.06. The van der Waals surface area contributed by atoms with Crippen molar-refractivity contribution in [1.29, 1.82) is 0 Å². The molecule has 0 aliphatic heterocycles. The zero-order valence-corrected chi connectivity index (χ0v) is 17.6. The van der Waals surface area contributed by atoms with Gasteiger partial charge >= 0.3 is 5.69 Å². The van der Waals surface area contributed by atoms with E-state index in [4.69, 9.17) is 16.3 Å². The average Bonchev–Trinajstić information content (AvgIpc) is 3.13. The van der Waals surface area contributed by atoms with Crippen molar-refractivity contribution in [3.8, 4) is 11.4 Å². The lowest BCUT2D eigenvalue weighted by atomic mass is 10.2. The van der Waals surface area contributed by atoms with Crippen molar-refractivity contribution < 1.29 is 4.74 Å². The summed E-state index contributed by atoms with van der Waals surface area (Å²) >= 11 is 6.32. The average molecular weight is 425 g/mol. The molecule has 2 aromatic heterocycles. The van der Waals surface area contributed by atoms with E-state index in [2.05, 4.69) is 4.98 Å². The Morgan fingerprint density at radius 1 is 1.07 bits per heavy atom. The van der Waals surface area contributed by atoms with E-state index in [9.17, 15) is 9.59 Å². The lowest BCUT2D eigenvalue weighted by Crippen LogP contribution is -2.41. The largest absolute Gasteiger partial charge is 0.495 e. The van der Waals surface area contributed by atoms with Crippen LogP contribution in [-0.2, 0) is 6.54 Å². The van der Waals surface area contributed by atoms with Crippen LogP contribution in [0.4, 0.5) is 0 Å². The minimum absolute atomic E-state index is 0.276. The topological polar surface area (TPSA) is 71.1 Å². The molecule has 0 aliphatic carbocycles. The molecule has 0 atom stereocenters. The molecule has 0 bridgehead atoms. The molecule has 0 N–H and O–H groups in total. The maximum absolute atomic E-state index is 13.3. The predicted molar refractivity (Wildman–Crippen MR) is 117 cm³/mol. The van der Waals surface area contributed by atoms with Gasteiger partial charge in [0.2, 0.25) is 0 Å². The highest BCUT2D eigenvalue weighted by molar-refractivity contribution is 6.31. The Labute approximate surface area is 177 Å². The van der Waals surface area contributed by atoms with E-state index in [1.165, 1.54) is 16.2 Å². The minimum atomic E-state index is -0.463. The molecule has 0 radical (unpaired) electrons. The number of halogens is 1. The monoisotopic (exact) mass is 424 g/mol. The van der Waals surface area contributed by atoms with Gasteiger partial charge in [0.25, 0.3) is 5.56 Å². The van der Waals surface area contributed by atoms with Gasteiger partial charge in [-0.3, -0.25) is 9.36 Å². The first-order valence-corrected chi connectivity index (χ1v) is 9.91. The van der Waals surface area contributed by atoms with Crippen molar-refractivity contribution in [2.24, 2.45) is 0 Å². The van der Waals surface area contributed by atoms with Crippen LogP contribution >= 0.6 is 11.6 Å². The van der Waals surface area contributed by atoms with Crippen molar-refractivity contribution in [1.82, 2.24) is 18.7 Å². The highest BCUT2D eigenvalue weighted by Gasteiger charge is 2.22. The number of benzene rings is 2. The summed E-state index contributed by atoms with van der Waals surface area (Å²) in [6.45, 7) is 3.96. The quantitative estimate of drug-likeness (QED) is 0.490. The lowest BCUT2D eigenvalue weighted by molar-refractivity contribution is 0.412. The van der Waals surface area contributed by atoms with Crippen LogP contribution in [-0.4, -0.2) is 25.8 Å². The summed E-state index contributed by atoms with van der Waals surface area (Å²) in [6.07, 6.45) is 1.56. The van der Waals surface area contributed by atoms with Gasteiger partial charge < -0.3 is 9.30 Å². The fourth-order valence-electron chi connectivity index (χ4n) is 3.57. The summed E-state index contributed by atoms with van der Waals surface area (Å²) in [6, 6.07) is 14.2. The molecule has 30 heavy (non-hydrogen) atoms. The molecule has 0 spiro atoms. The summed E-state index contributed by atoms with van der Waals surface area (Å²) in [5.74, 6) is 0.510. The molecule has 7 nitrogen and oxygen atoms in total. The first-order chi connectivity index (χ1) is 14.4. The second-order valence-corrected chi connectivity index (χ2v) is 7.60. The number of aromatic nitrogens is 4. The third-order valence-electron chi connectivity index (χ3n) is 4.99. The molecule has 2 heterocycles. The predicted octanol–water partition coefficient (Wildman–Crippen LogP) is 3.64. The molecule has 4 rings (SSSR count). The Morgan fingerprint density at radius 2 is 1.77 bits per heavy atom. The number of hydrogen-bond acceptors (Lipinski definition) is 4. The van der Waals surface area contributed by atoms with Gasteiger partial charge in [-0.15, -0.1) is 0 Å². The van der Waals surface area contributed by atoms with E-state index in [0.717, 1.165) is 5.56 Å². The van der Waals surface area contributed by atoms with Crippen molar-refractivity contribution >= 4 is 22.8 Å². The standard InChI is InChI=1S/C22H21ClN4O3/c1-14(2)26-21(28)19-20(24-13-25(19)12-15-8-4-5-9-16(15)23)27(22(26)29)17-10-6-7-11-18(17)30-3/h4-11,13-14H,12H2,1-3H3. The number of rotatable bonds is 5. The molecular formula is C22H21ClN4O3. The van der Waals surface area contributed by atoms with E-state index < -0.39 is 5.69 Å². The number of para-hydroxylation sites is 2. The molecule has 0 amide bonds.